The van der Waals surface area contributed by atoms with Crippen LogP contribution in [0.4, 0.5) is 30.7 Å². The van der Waals surface area contributed by atoms with Crippen LogP contribution in [0.3, 0.4) is 0 Å². The molecule has 0 aromatic rings. The molecule has 0 aromatic heterocycles. The molecule has 1 aliphatic rings. The van der Waals surface area contributed by atoms with E-state index >= 15 is 0 Å². The second kappa shape index (κ2) is 7.47. The van der Waals surface area contributed by atoms with Crippen molar-refractivity contribution < 1.29 is 56.0 Å². The van der Waals surface area contributed by atoms with E-state index in [1.54, 1.807) is 4.90 Å². The quantitative estimate of drug-likeness (QED) is 0.346. The van der Waals surface area contributed by atoms with Crippen molar-refractivity contribution >= 4 is 30.3 Å². The Balaban J connectivity index is 3.17. The normalized spacial score (nSPS) is 19.7. The molecule has 0 saturated carbocycles. The Morgan fingerprint density at radius 3 is 1.57 bits per heavy atom. The van der Waals surface area contributed by atoms with Gasteiger partial charge in [0.2, 0.25) is 0 Å². The number of piperazine rings is 1. The van der Waals surface area contributed by atoms with Gasteiger partial charge in [0, 0.05) is 26.2 Å². The van der Waals surface area contributed by atoms with Crippen molar-refractivity contribution in [3.8, 4) is 0 Å². The van der Waals surface area contributed by atoms with E-state index in [1.807, 2.05) is 0 Å². The predicted octanol–water partition coefficient (Wildman–Crippen LogP) is -0.977. The zero-order valence-corrected chi connectivity index (χ0v) is 16.0. The number of rotatable bonds is 7. The lowest BCUT2D eigenvalue weighted by atomic mass is 10.4. The second-order valence-corrected chi connectivity index (χ2v) is 10.8. The Kier molecular flexibility index (Phi) is 6.73. The molecule has 0 atom stereocenters. The molecule has 1 fully saturated rings. The fourth-order valence-corrected chi connectivity index (χ4v) is 5.36. The van der Waals surface area contributed by atoms with E-state index in [9.17, 15) is 56.0 Å². The van der Waals surface area contributed by atoms with Gasteiger partial charge in [0.05, 0.1) is 0 Å². The van der Waals surface area contributed by atoms with E-state index < -0.39 is 64.3 Å². The van der Waals surface area contributed by atoms with Gasteiger partial charge in [-0.25, -0.2) is 16.8 Å². The fraction of sp³-hybridized carbons (Fsp3) is 1.00. The van der Waals surface area contributed by atoms with Crippen LogP contribution >= 0.6 is 0 Å². The summed E-state index contributed by atoms with van der Waals surface area (Å²) in [7, 11) is -18.2. The van der Waals surface area contributed by atoms with E-state index in [-0.39, 0.29) is 22.1 Å². The number of hydrogen-bond donors (Lipinski definition) is 2. The first-order valence-corrected chi connectivity index (χ1v) is 11.1. The van der Waals surface area contributed by atoms with E-state index in [2.05, 4.69) is 0 Å². The topological polar surface area (TPSA) is 133 Å². The van der Waals surface area contributed by atoms with Crippen LogP contribution < -0.4 is 8.85 Å². The molecule has 0 aliphatic carbocycles. The third-order valence-electron chi connectivity index (χ3n) is 3.29. The Bertz CT molecular complexity index is 894. The van der Waals surface area contributed by atoms with Gasteiger partial charge >= 0.3 is 26.8 Å². The molecule has 0 unspecified atom stereocenters. The molecule has 0 amide bonds. The van der Waals surface area contributed by atoms with Crippen LogP contribution in [0.1, 0.15) is 0 Å². The number of nitrogens with zero attached hydrogens (tertiary/aromatic N) is 2. The summed E-state index contributed by atoms with van der Waals surface area (Å²) in [4.78, 5) is 1.55. The van der Waals surface area contributed by atoms with Crippen molar-refractivity contribution in [2.24, 2.45) is 0 Å². The van der Waals surface area contributed by atoms with Gasteiger partial charge in [0.15, 0.2) is 0 Å². The van der Waals surface area contributed by atoms with Gasteiger partial charge in [0.1, 0.15) is 0 Å². The third-order valence-corrected chi connectivity index (χ3v) is 8.14. The number of nitrogens with one attached hydrogen (secondary N) is 2. The van der Waals surface area contributed by atoms with Crippen molar-refractivity contribution in [1.29, 1.82) is 0 Å². The Morgan fingerprint density at radius 1 is 0.750 bits per heavy atom. The molecule has 1 saturated heterocycles. The molecule has 28 heavy (non-hydrogen) atoms. The van der Waals surface area contributed by atoms with Gasteiger partial charge in [0.25, 0.3) is 20.2 Å². The summed E-state index contributed by atoms with van der Waals surface area (Å²) in [6, 6.07) is -6.21. The van der Waals surface area contributed by atoms with Gasteiger partial charge in [-0.15, -0.1) is 4.72 Å². The maximum absolute atomic E-state index is 13.7. The molecule has 1 rings (SSSR count). The van der Waals surface area contributed by atoms with Crippen LogP contribution in [0.5, 0.6) is 0 Å². The van der Waals surface area contributed by atoms with Gasteiger partial charge in [-0.1, -0.05) is 4.13 Å². The van der Waals surface area contributed by atoms with Gasteiger partial charge in [-0.3, -0.25) is 0 Å². The van der Waals surface area contributed by atoms with Crippen LogP contribution in [0.25, 0.3) is 0 Å². The van der Waals surface area contributed by atoms with Crippen molar-refractivity contribution in [3.05, 3.63) is 0 Å². The Labute approximate surface area is 154 Å². The number of sulfonamides is 2. The third kappa shape index (κ3) is 5.02. The molecule has 20 heteroatoms. The van der Waals surface area contributed by atoms with Crippen molar-refractivity contribution in [1.82, 2.24) is 18.1 Å². The minimum Gasteiger partial charge on any atom is -0.304 e. The van der Waals surface area contributed by atoms with Crippen LogP contribution in [0.15, 0.2) is 0 Å². The first-order chi connectivity index (χ1) is 12.2. The van der Waals surface area contributed by atoms with Crippen LogP contribution in [0.2, 0.25) is 0 Å². The summed E-state index contributed by atoms with van der Waals surface area (Å²) in [6.45, 7) is -0.874. The fourth-order valence-electron chi connectivity index (χ4n) is 1.73. The van der Waals surface area contributed by atoms with E-state index in [1.165, 1.54) is 7.05 Å². The largest absolute Gasteiger partial charge is 0.512 e. The van der Waals surface area contributed by atoms with Gasteiger partial charge in [-0.05, 0) is 7.05 Å². The predicted molar refractivity (Wildman–Crippen MR) is 78.0 cm³/mol. The molecule has 0 bridgehead atoms. The summed E-state index contributed by atoms with van der Waals surface area (Å²) in [5.41, 5.74) is -6.43. The second-order valence-electron chi connectivity index (χ2n) is 5.44. The lowest BCUT2D eigenvalue weighted by Gasteiger charge is -2.33. The highest BCUT2D eigenvalue weighted by molar-refractivity contribution is 8.05. The van der Waals surface area contributed by atoms with E-state index in [4.69, 9.17) is 0 Å². The smallest absolute Gasteiger partial charge is 0.304 e. The molecule has 0 aromatic carbocycles. The van der Waals surface area contributed by atoms with Gasteiger partial charge < -0.3 is 4.90 Å². The molecule has 2 N–H and O–H groups in total. The number of halogens is 7. The Morgan fingerprint density at radius 2 is 1.18 bits per heavy atom. The summed E-state index contributed by atoms with van der Waals surface area (Å²) in [5.74, 6) is 0. The number of hydrogen-bond acceptors (Lipinski definition) is 7. The number of likely N-dealkylation sites (N-methyl/N-ethyl adjacent to an activating group) is 1. The molecule has 10 nitrogen and oxygen atoms in total. The molecule has 0 spiro atoms. The van der Waals surface area contributed by atoms with Crippen LogP contribution in [-0.2, 0) is 30.3 Å². The molecular formula is C8H13F7N4O6S3. The summed E-state index contributed by atoms with van der Waals surface area (Å²) >= 11 is 0. The van der Waals surface area contributed by atoms with Crippen LogP contribution in [0, 0.1) is 0 Å². The van der Waals surface area contributed by atoms with E-state index in [0.29, 0.717) is 0 Å². The van der Waals surface area contributed by atoms with Crippen LogP contribution in [-0.4, -0.2) is 84.5 Å². The zero-order valence-electron chi connectivity index (χ0n) is 13.5. The highest BCUT2D eigenvalue weighted by Gasteiger charge is 2.69. The monoisotopic (exact) mass is 490 g/mol. The lowest BCUT2D eigenvalue weighted by Crippen LogP contribution is -2.64. The van der Waals surface area contributed by atoms with Crippen molar-refractivity contribution in [2.75, 3.05) is 33.2 Å². The average Bonchev–Trinajstić information content (AvgIpc) is 2.43. The SMILES string of the molecule is CN1CCN(S(=O)(=O)NC(F)(F)C(F)(F)S(=O)(=O)NS(=O)(=O)C(F)(F)F)CC1. The first kappa shape index (κ1) is 25.2. The molecule has 1 heterocycles. The number of alkyl halides is 7. The van der Waals surface area contributed by atoms with Crippen molar-refractivity contribution in [2.45, 2.75) is 16.8 Å². The molecule has 0 radical (unpaired) electrons. The minimum atomic E-state index is -7.27. The lowest BCUT2D eigenvalue weighted by molar-refractivity contribution is -0.164. The highest BCUT2D eigenvalue weighted by atomic mass is 32.3. The average molecular weight is 490 g/mol. The van der Waals surface area contributed by atoms with Crippen molar-refractivity contribution in [3.63, 3.8) is 0 Å². The van der Waals surface area contributed by atoms with Gasteiger partial charge in [-0.2, -0.15) is 43.5 Å². The summed E-state index contributed by atoms with van der Waals surface area (Å²) < 4.78 is 158. The standard InChI is InChI=1S/C8H13F7N4O6S3/c1-18-2-4-19(5-3-18)28(24,25)16-6(9,10)7(11,12)26(20,21)17-27(22,23)8(13,14)15/h16-17H,2-5H2,1H3. The molecule has 1 aliphatic heterocycles. The maximum Gasteiger partial charge on any atom is 0.512 e. The summed E-state index contributed by atoms with van der Waals surface area (Å²) in [6.07, 6.45) is 0. The Hall–Kier alpha value is -0.800. The maximum atomic E-state index is 13.7. The zero-order chi connectivity index (χ0) is 22.4. The first-order valence-electron chi connectivity index (χ1n) is 6.74. The molecule has 168 valence electrons. The highest BCUT2D eigenvalue weighted by Crippen LogP contribution is 2.38. The molecular weight excluding hydrogens is 477 g/mol. The summed E-state index contributed by atoms with van der Waals surface area (Å²) in [5, 5.41) is -6.61. The minimum absolute atomic E-state index is 0.00650. The van der Waals surface area contributed by atoms with E-state index in [0.717, 1.165) is 0 Å².